The third-order valence-corrected chi connectivity index (χ3v) is 5.58. The number of carboxylic acids is 2. The minimum absolute atomic E-state index is 0.103. The van der Waals surface area contributed by atoms with E-state index in [0.29, 0.717) is 11.5 Å². The molecule has 0 aromatic rings. The molecule has 184 valence electrons. The fourth-order valence-electron chi connectivity index (χ4n) is 2.43. The van der Waals surface area contributed by atoms with Gasteiger partial charge in [-0.2, -0.15) is 23.5 Å². The van der Waals surface area contributed by atoms with E-state index in [0.717, 1.165) is 0 Å². The summed E-state index contributed by atoms with van der Waals surface area (Å²) >= 11 is 2.85. The molecule has 0 aliphatic carbocycles. The Morgan fingerprint density at radius 1 is 0.781 bits per heavy atom. The number of rotatable bonds is 17. The van der Waals surface area contributed by atoms with Gasteiger partial charge < -0.3 is 37.0 Å². The quantitative estimate of drug-likeness (QED) is 0.120. The fourth-order valence-corrected chi connectivity index (χ4v) is 3.37. The molecule has 4 unspecified atom stereocenters. The summed E-state index contributed by atoms with van der Waals surface area (Å²) < 4.78 is 0. The van der Waals surface area contributed by atoms with Gasteiger partial charge in [-0.3, -0.25) is 19.2 Å². The summed E-state index contributed by atoms with van der Waals surface area (Å²) in [6.45, 7) is -0.815. The molecule has 3 amide bonds. The molecule has 0 aromatic heterocycles. The van der Waals surface area contributed by atoms with Gasteiger partial charge in [0.2, 0.25) is 17.7 Å². The normalized spacial score (nSPS) is 14.5. The topological polar surface area (TPSA) is 208 Å². The summed E-state index contributed by atoms with van der Waals surface area (Å²) in [5, 5.41) is 34.0. The lowest BCUT2D eigenvalue weighted by Crippen LogP contribution is -2.57. The number of aliphatic hydroxyl groups is 1. The van der Waals surface area contributed by atoms with Crippen LogP contribution < -0.4 is 21.7 Å². The number of carbonyl (C=O) groups is 5. The molecule has 0 rings (SSSR count). The first-order valence-corrected chi connectivity index (χ1v) is 12.6. The average molecular weight is 497 g/mol. The standard InChI is InChI=1S/C18H32N4O8S2/c1-31-7-5-11(20-15(26)10(19)3-4-14(24)25)16(27)21-12(6-8-32-2)17(28)22-13(9-23)18(29)30/h10-13,23H,3-9,19H2,1-2H3,(H,20,26)(H,21,27)(H,22,28)(H,24,25)(H,29,30). The van der Waals surface area contributed by atoms with Crippen molar-refractivity contribution < 1.29 is 39.3 Å². The van der Waals surface area contributed by atoms with Crippen molar-refractivity contribution in [2.24, 2.45) is 5.73 Å². The Bertz CT molecular complexity index is 652. The smallest absolute Gasteiger partial charge is 0.328 e. The van der Waals surface area contributed by atoms with Gasteiger partial charge in [0.05, 0.1) is 12.6 Å². The Kier molecular flexibility index (Phi) is 15.5. The van der Waals surface area contributed by atoms with Crippen LogP contribution in [0.1, 0.15) is 25.7 Å². The van der Waals surface area contributed by atoms with Gasteiger partial charge in [-0.25, -0.2) is 4.79 Å². The highest BCUT2D eigenvalue weighted by atomic mass is 32.2. The molecule has 4 atom stereocenters. The first-order chi connectivity index (χ1) is 15.1. The van der Waals surface area contributed by atoms with Crippen LogP contribution >= 0.6 is 23.5 Å². The lowest BCUT2D eigenvalue weighted by Gasteiger charge is -2.24. The third kappa shape index (κ3) is 12.1. The molecule has 8 N–H and O–H groups in total. The van der Waals surface area contributed by atoms with Crippen molar-refractivity contribution in [3.05, 3.63) is 0 Å². The maximum atomic E-state index is 12.8. The van der Waals surface area contributed by atoms with Crippen LogP contribution in [0.3, 0.4) is 0 Å². The van der Waals surface area contributed by atoms with Crippen LogP contribution in [-0.2, 0) is 24.0 Å². The van der Waals surface area contributed by atoms with Crippen LogP contribution in [0.15, 0.2) is 0 Å². The number of carboxylic acid groups (broad SMARTS) is 2. The molecule has 0 aromatic carbocycles. The SMILES string of the molecule is CSCCC(NC(=O)C(N)CCC(=O)O)C(=O)NC(CCSC)C(=O)NC(CO)C(=O)O. The van der Waals surface area contributed by atoms with Gasteiger partial charge in [0.25, 0.3) is 0 Å². The Hall–Kier alpha value is -2.03. The van der Waals surface area contributed by atoms with Crippen molar-refractivity contribution in [1.82, 2.24) is 16.0 Å². The Labute approximate surface area is 194 Å². The average Bonchev–Trinajstić information content (AvgIpc) is 2.74. The van der Waals surface area contributed by atoms with E-state index >= 15 is 0 Å². The van der Waals surface area contributed by atoms with Crippen LogP contribution in [0.5, 0.6) is 0 Å². The monoisotopic (exact) mass is 496 g/mol. The van der Waals surface area contributed by atoms with E-state index < -0.39 is 60.4 Å². The van der Waals surface area contributed by atoms with Gasteiger partial charge in [-0.15, -0.1) is 0 Å². The zero-order chi connectivity index (χ0) is 24.7. The second-order valence-corrected chi connectivity index (χ2v) is 8.78. The summed E-state index contributed by atoms with van der Waals surface area (Å²) in [5.74, 6) is -3.65. The Morgan fingerprint density at radius 3 is 1.59 bits per heavy atom. The Morgan fingerprint density at radius 2 is 1.22 bits per heavy atom. The lowest BCUT2D eigenvalue weighted by atomic mass is 10.1. The predicted molar refractivity (Wildman–Crippen MR) is 121 cm³/mol. The van der Waals surface area contributed by atoms with Crippen LogP contribution in [-0.4, -0.2) is 99.8 Å². The van der Waals surface area contributed by atoms with E-state index in [-0.39, 0.29) is 25.7 Å². The minimum Gasteiger partial charge on any atom is -0.481 e. The molecule has 0 heterocycles. The van der Waals surface area contributed by atoms with Crippen molar-refractivity contribution in [3.63, 3.8) is 0 Å². The van der Waals surface area contributed by atoms with Crippen LogP contribution in [0.25, 0.3) is 0 Å². The number of hydrogen-bond acceptors (Lipinski definition) is 9. The fraction of sp³-hybridized carbons (Fsp3) is 0.722. The second kappa shape index (κ2) is 16.6. The number of nitrogens with one attached hydrogen (secondary N) is 3. The van der Waals surface area contributed by atoms with Crippen LogP contribution in [0.2, 0.25) is 0 Å². The van der Waals surface area contributed by atoms with Crippen molar-refractivity contribution in [2.75, 3.05) is 30.6 Å². The van der Waals surface area contributed by atoms with Crippen molar-refractivity contribution >= 4 is 53.2 Å². The lowest BCUT2D eigenvalue weighted by molar-refractivity contribution is -0.143. The molecule has 0 fully saturated rings. The van der Waals surface area contributed by atoms with Crippen molar-refractivity contribution in [1.29, 1.82) is 0 Å². The number of nitrogens with two attached hydrogens (primary N) is 1. The van der Waals surface area contributed by atoms with E-state index in [1.165, 1.54) is 23.5 Å². The zero-order valence-corrected chi connectivity index (χ0v) is 19.7. The van der Waals surface area contributed by atoms with Crippen molar-refractivity contribution in [3.8, 4) is 0 Å². The molecule has 12 nitrogen and oxygen atoms in total. The van der Waals surface area contributed by atoms with Gasteiger partial charge in [0.15, 0.2) is 0 Å². The van der Waals surface area contributed by atoms with E-state index in [1.54, 1.807) is 6.26 Å². The molecular weight excluding hydrogens is 464 g/mol. The maximum absolute atomic E-state index is 12.8. The summed E-state index contributed by atoms with van der Waals surface area (Å²) in [4.78, 5) is 59.3. The second-order valence-electron chi connectivity index (χ2n) is 6.81. The Balaban J connectivity index is 5.29. The molecule has 0 aliphatic rings. The van der Waals surface area contributed by atoms with Gasteiger partial charge >= 0.3 is 11.9 Å². The molecule has 0 aliphatic heterocycles. The summed E-state index contributed by atoms with van der Waals surface area (Å²) in [7, 11) is 0. The highest BCUT2D eigenvalue weighted by Crippen LogP contribution is 2.06. The van der Waals surface area contributed by atoms with E-state index in [9.17, 15) is 24.0 Å². The van der Waals surface area contributed by atoms with E-state index in [1.807, 2.05) is 6.26 Å². The third-order valence-electron chi connectivity index (χ3n) is 4.29. The van der Waals surface area contributed by atoms with Gasteiger partial charge in [-0.1, -0.05) is 0 Å². The first kappa shape index (κ1) is 30.0. The number of aliphatic hydroxyl groups excluding tert-OH is 1. The first-order valence-electron chi connectivity index (χ1n) is 9.77. The molecule has 0 saturated carbocycles. The molecule has 0 saturated heterocycles. The minimum atomic E-state index is -1.52. The molecule has 32 heavy (non-hydrogen) atoms. The summed E-state index contributed by atoms with van der Waals surface area (Å²) in [5.41, 5.74) is 5.70. The highest BCUT2D eigenvalue weighted by molar-refractivity contribution is 7.98. The zero-order valence-electron chi connectivity index (χ0n) is 18.0. The van der Waals surface area contributed by atoms with Gasteiger partial charge in [-0.05, 0) is 43.3 Å². The van der Waals surface area contributed by atoms with Crippen LogP contribution in [0, 0.1) is 0 Å². The van der Waals surface area contributed by atoms with E-state index in [4.69, 9.17) is 21.1 Å². The highest BCUT2D eigenvalue weighted by Gasteiger charge is 2.29. The van der Waals surface area contributed by atoms with Gasteiger partial charge in [0.1, 0.15) is 18.1 Å². The number of aliphatic carboxylic acids is 2. The summed E-state index contributed by atoms with van der Waals surface area (Å²) in [6, 6.07) is -4.75. The largest absolute Gasteiger partial charge is 0.481 e. The molecule has 0 bridgehead atoms. The molecule has 0 radical (unpaired) electrons. The maximum Gasteiger partial charge on any atom is 0.328 e. The van der Waals surface area contributed by atoms with Gasteiger partial charge in [0, 0.05) is 6.42 Å². The predicted octanol–water partition coefficient (Wildman–Crippen LogP) is -1.78. The number of hydrogen-bond donors (Lipinski definition) is 7. The molecule has 14 heteroatoms. The molecule has 0 spiro atoms. The van der Waals surface area contributed by atoms with Crippen LogP contribution in [0.4, 0.5) is 0 Å². The number of thioether (sulfide) groups is 2. The number of amides is 3. The van der Waals surface area contributed by atoms with E-state index in [2.05, 4.69) is 16.0 Å². The number of carbonyl (C=O) groups excluding carboxylic acids is 3. The molecular formula is C18H32N4O8S2. The van der Waals surface area contributed by atoms with Crippen molar-refractivity contribution in [2.45, 2.75) is 49.9 Å². The summed E-state index contributed by atoms with van der Waals surface area (Å²) in [6.07, 6.45) is 3.63.